The fraction of sp³-hybridized carbons (Fsp3) is 0.600. The number of nitrogens with one attached hydrogen (secondary N) is 1. The van der Waals surface area contributed by atoms with Gasteiger partial charge in [0.25, 0.3) is 0 Å². The van der Waals surface area contributed by atoms with Gasteiger partial charge in [0.05, 0.1) is 12.5 Å². The molecule has 104 valence electrons. The predicted molar refractivity (Wildman–Crippen MR) is 73.6 cm³/mol. The quantitative estimate of drug-likeness (QED) is 0.880. The molecular weight excluding hydrogens is 240 g/mol. The van der Waals surface area contributed by atoms with E-state index in [4.69, 9.17) is 4.74 Å². The molecule has 4 heteroatoms. The Morgan fingerprint density at radius 3 is 3.11 bits per heavy atom. The molecule has 0 aliphatic carbocycles. The van der Waals surface area contributed by atoms with Crippen LogP contribution in [-0.4, -0.2) is 30.1 Å². The first-order valence-electron chi connectivity index (χ1n) is 6.94. The summed E-state index contributed by atoms with van der Waals surface area (Å²) in [5.41, 5.74) is 0.947. The Morgan fingerprint density at radius 2 is 2.42 bits per heavy atom. The summed E-state index contributed by atoms with van der Waals surface area (Å²) in [6, 6.07) is 3.77. The number of ether oxygens (including phenoxy) is 1. The molecule has 1 fully saturated rings. The standard InChI is InChI=1S/C15H22N2O2/c1-11(2)15-13(5-7-19-15)10-17-14(18)8-12-4-3-6-16-9-12/h3-4,6,9,11,13,15H,5,7-8,10H2,1-2H3,(H,17,18)/t13-,15-/m1/s1. The van der Waals surface area contributed by atoms with E-state index < -0.39 is 0 Å². The monoisotopic (exact) mass is 262 g/mol. The van der Waals surface area contributed by atoms with Crippen LogP contribution >= 0.6 is 0 Å². The Hall–Kier alpha value is -1.42. The van der Waals surface area contributed by atoms with Crippen molar-refractivity contribution < 1.29 is 9.53 Å². The second-order valence-electron chi connectivity index (χ2n) is 5.47. The summed E-state index contributed by atoms with van der Waals surface area (Å²) in [6.07, 6.45) is 5.16. The van der Waals surface area contributed by atoms with Gasteiger partial charge in [0.1, 0.15) is 0 Å². The van der Waals surface area contributed by atoms with Crippen molar-refractivity contribution in [2.45, 2.75) is 32.8 Å². The fourth-order valence-corrected chi connectivity index (χ4v) is 2.61. The summed E-state index contributed by atoms with van der Waals surface area (Å²) in [6.45, 7) is 5.86. The number of pyridine rings is 1. The minimum absolute atomic E-state index is 0.0578. The molecule has 1 aliphatic rings. The predicted octanol–water partition coefficient (Wildman–Crippen LogP) is 1.80. The van der Waals surface area contributed by atoms with E-state index in [1.807, 2.05) is 12.1 Å². The molecule has 0 radical (unpaired) electrons. The van der Waals surface area contributed by atoms with Crippen molar-refractivity contribution in [1.29, 1.82) is 0 Å². The number of aromatic nitrogens is 1. The molecule has 1 amide bonds. The van der Waals surface area contributed by atoms with Crippen molar-refractivity contribution >= 4 is 5.91 Å². The molecule has 2 atom stereocenters. The van der Waals surface area contributed by atoms with Crippen LogP contribution < -0.4 is 5.32 Å². The molecule has 0 bridgehead atoms. The van der Waals surface area contributed by atoms with Gasteiger partial charge in [-0.15, -0.1) is 0 Å². The average Bonchev–Trinajstić information content (AvgIpc) is 2.86. The van der Waals surface area contributed by atoms with Crippen LogP contribution in [0.25, 0.3) is 0 Å². The first-order chi connectivity index (χ1) is 9.16. The number of carbonyl (C=O) groups is 1. The van der Waals surface area contributed by atoms with E-state index in [9.17, 15) is 4.79 Å². The molecule has 1 saturated heterocycles. The van der Waals surface area contributed by atoms with Gasteiger partial charge < -0.3 is 10.1 Å². The normalized spacial score (nSPS) is 22.7. The molecule has 1 aliphatic heterocycles. The molecule has 2 rings (SSSR count). The highest BCUT2D eigenvalue weighted by atomic mass is 16.5. The van der Waals surface area contributed by atoms with Crippen LogP contribution in [0.15, 0.2) is 24.5 Å². The number of carbonyl (C=O) groups excluding carboxylic acids is 1. The van der Waals surface area contributed by atoms with Crippen LogP contribution in [-0.2, 0) is 16.0 Å². The number of amides is 1. The molecule has 0 spiro atoms. The minimum Gasteiger partial charge on any atom is -0.378 e. The molecule has 1 N–H and O–H groups in total. The van der Waals surface area contributed by atoms with E-state index in [1.165, 1.54) is 0 Å². The van der Waals surface area contributed by atoms with Crippen LogP contribution in [0.4, 0.5) is 0 Å². The smallest absolute Gasteiger partial charge is 0.224 e. The van der Waals surface area contributed by atoms with Gasteiger partial charge in [-0.25, -0.2) is 0 Å². The van der Waals surface area contributed by atoms with E-state index in [0.29, 0.717) is 24.8 Å². The maximum atomic E-state index is 11.9. The molecule has 1 aromatic heterocycles. The Labute approximate surface area is 114 Å². The summed E-state index contributed by atoms with van der Waals surface area (Å²) in [4.78, 5) is 15.9. The second-order valence-corrected chi connectivity index (χ2v) is 5.47. The van der Waals surface area contributed by atoms with Crippen LogP contribution in [0, 0.1) is 11.8 Å². The second kappa shape index (κ2) is 6.66. The molecule has 2 heterocycles. The summed E-state index contributed by atoms with van der Waals surface area (Å²) >= 11 is 0. The van der Waals surface area contributed by atoms with Crippen molar-refractivity contribution in [3.8, 4) is 0 Å². The highest BCUT2D eigenvalue weighted by Gasteiger charge is 2.30. The third kappa shape index (κ3) is 4.03. The van der Waals surface area contributed by atoms with Gasteiger partial charge in [-0.1, -0.05) is 19.9 Å². The molecule has 19 heavy (non-hydrogen) atoms. The van der Waals surface area contributed by atoms with Crippen molar-refractivity contribution in [3.63, 3.8) is 0 Å². The largest absolute Gasteiger partial charge is 0.378 e. The summed E-state index contributed by atoms with van der Waals surface area (Å²) in [5.74, 6) is 1.00. The molecule has 0 saturated carbocycles. The summed E-state index contributed by atoms with van der Waals surface area (Å²) < 4.78 is 5.72. The lowest BCUT2D eigenvalue weighted by Gasteiger charge is -2.22. The van der Waals surface area contributed by atoms with Crippen LogP contribution in [0.2, 0.25) is 0 Å². The van der Waals surface area contributed by atoms with Gasteiger partial charge in [0.15, 0.2) is 0 Å². The van der Waals surface area contributed by atoms with Crippen molar-refractivity contribution in [2.75, 3.05) is 13.2 Å². The zero-order valence-corrected chi connectivity index (χ0v) is 11.6. The van der Waals surface area contributed by atoms with Crippen molar-refractivity contribution in [1.82, 2.24) is 10.3 Å². The van der Waals surface area contributed by atoms with Gasteiger partial charge in [-0.3, -0.25) is 9.78 Å². The number of rotatable bonds is 5. The Morgan fingerprint density at radius 1 is 1.58 bits per heavy atom. The summed E-state index contributed by atoms with van der Waals surface area (Å²) in [7, 11) is 0. The zero-order valence-electron chi connectivity index (χ0n) is 11.6. The van der Waals surface area contributed by atoms with Gasteiger partial charge >= 0.3 is 0 Å². The number of hydrogen-bond donors (Lipinski definition) is 1. The number of hydrogen-bond acceptors (Lipinski definition) is 3. The third-order valence-electron chi connectivity index (χ3n) is 3.57. The van der Waals surface area contributed by atoms with E-state index in [-0.39, 0.29) is 12.0 Å². The van der Waals surface area contributed by atoms with Crippen LogP contribution in [0.5, 0.6) is 0 Å². The van der Waals surface area contributed by atoms with E-state index in [1.54, 1.807) is 12.4 Å². The molecule has 4 nitrogen and oxygen atoms in total. The lowest BCUT2D eigenvalue weighted by molar-refractivity contribution is -0.120. The van der Waals surface area contributed by atoms with Crippen molar-refractivity contribution in [2.24, 2.45) is 11.8 Å². The molecular formula is C15H22N2O2. The van der Waals surface area contributed by atoms with Crippen molar-refractivity contribution in [3.05, 3.63) is 30.1 Å². The van der Waals surface area contributed by atoms with E-state index >= 15 is 0 Å². The molecule has 0 aromatic carbocycles. The molecule has 1 aromatic rings. The van der Waals surface area contributed by atoms with Crippen LogP contribution in [0.1, 0.15) is 25.8 Å². The first-order valence-corrected chi connectivity index (χ1v) is 6.94. The average molecular weight is 262 g/mol. The van der Waals surface area contributed by atoms with Crippen LogP contribution in [0.3, 0.4) is 0 Å². The van der Waals surface area contributed by atoms with Gasteiger partial charge in [-0.05, 0) is 24.0 Å². The van der Waals surface area contributed by atoms with Gasteiger partial charge in [-0.2, -0.15) is 0 Å². The Kier molecular flexibility index (Phi) is 4.91. The maximum Gasteiger partial charge on any atom is 0.224 e. The summed E-state index contributed by atoms with van der Waals surface area (Å²) in [5, 5.41) is 3.01. The third-order valence-corrected chi connectivity index (χ3v) is 3.57. The van der Waals surface area contributed by atoms with Gasteiger partial charge in [0.2, 0.25) is 5.91 Å². The Bertz CT molecular complexity index is 406. The fourth-order valence-electron chi connectivity index (χ4n) is 2.61. The number of nitrogens with zero attached hydrogens (tertiary/aromatic N) is 1. The van der Waals surface area contributed by atoms with E-state index in [0.717, 1.165) is 18.6 Å². The van der Waals surface area contributed by atoms with Gasteiger partial charge in [0, 0.05) is 31.5 Å². The lowest BCUT2D eigenvalue weighted by Crippen LogP contribution is -2.35. The maximum absolute atomic E-state index is 11.9. The zero-order chi connectivity index (χ0) is 13.7. The molecule has 0 unspecified atom stereocenters. The highest BCUT2D eigenvalue weighted by Crippen LogP contribution is 2.26. The SMILES string of the molecule is CC(C)[C@H]1OCC[C@@H]1CNC(=O)Cc1cccnc1. The first kappa shape index (κ1) is 14.0. The minimum atomic E-state index is 0.0578. The topological polar surface area (TPSA) is 51.2 Å². The Balaban J connectivity index is 1.77. The van der Waals surface area contributed by atoms with E-state index in [2.05, 4.69) is 24.1 Å². The highest BCUT2D eigenvalue weighted by molar-refractivity contribution is 5.78. The lowest BCUT2D eigenvalue weighted by atomic mass is 9.93.